The van der Waals surface area contributed by atoms with E-state index in [1.807, 2.05) is 18.2 Å². The zero-order chi connectivity index (χ0) is 17.6. The second kappa shape index (κ2) is 7.65. The van der Waals surface area contributed by atoms with E-state index in [4.69, 9.17) is 4.74 Å². The SMILES string of the molecule is O=C(COc1ccc2c(c1)CCC2)NNC(=O)Cn1ccccc1=O. The summed E-state index contributed by atoms with van der Waals surface area (Å²) >= 11 is 0. The fourth-order valence-electron chi connectivity index (χ4n) is 2.75. The van der Waals surface area contributed by atoms with Crippen LogP contribution in [0.1, 0.15) is 17.5 Å². The average molecular weight is 341 g/mol. The van der Waals surface area contributed by atoms with Crippen LogP contribution in [0.3, 0.4) is 0 Å². The fraction of sp³-hybridized carbons (Fsp3) is 0.278. The fourth-order valence-corrected chi connectivity index (χ4v) is 2.75. The topological polar surface area (TPSA) is 89.4 Å². The monoisotopic (exact) mass is 341 g/mol. The summed E-state index contributed by atoms with van der Waals surface area (Å²) in [5.74, 6) is -0.341. The lowest BCUT2D eigenvalue weighted by Gasteiger charge is -2.10. The van der Waals surface area contributed by atoms with Crippen molar-refractivity contribution in [3.05, 3.63) is 64.1 Å². The first kappa shape index (κ1) is 16.8. The van der Waals surface area contributed by atoms with Crippen molar-refractivity contribution in [2.75, 3.05) is 6.61 Å². The Morgan fingerprint density at radius 2 is 1.84 bits per heavy atom. The standard InChI is InChI=1S/C18H19N3O4/c22-16(11-21-9-2-1-6-18(21)24)19-20-17(23)12-25-15-8-7-13-4-3-5-14(13)10-15/h1-2,6-10H,3-5,11-12H2,(H,19,22)(H,20,23). The molecule has 2 aromatic rings. The zero-order valence-corrected chi connectivity index (χ0v) is 13.7. The number of hydrazine groups is 1. The summed E-state index contributed by atoms with van der Waals surface area (Å²) in [5.41, 5.74) is 6.83. The summed E-state index contributed by atoms with van der Waals surface area (Å²) in [7, 11) is 0. The van der Waals surface area contributed by atoms with Crippen LogP contribution in [0, 0.1) is 0 Å². The van der Waals surface area contributed by atoms with Crippen LogP contribution in [0.2, 0.25) is 0 Å². The Hall–Kier alpha value is -3.09. The van der Waals surface area contributed by atoms with Gasteiger partial charge in [0.25, 0.3) is 17.4 Å². The molecule has 0 aliphatic heterocycles. The van der Waals surface area contributed by atoms with Gasteiger partial charge >= 0.3 is 0 Å². The second-order valence-electron chi connectivity index (χ2n) is 5.84. The predicted molar refractivity (Wildman–Crippen MR) is 90.9 cm³/mol. The molecule has 2 N–H and O–H groups in total. The highest BCUT2D eigenvalue weighted by Gasteiger charge is 2.12. The number of carbonyl (C=O) groups is 2. The van der Waals surface area contributed by atoms with Gasteiger partial charge in [0.15, 0.2) is 6.61 Å². The maximum Gasteiger partial charge on any atom is 0.276 e. The lowest BCUT2D eigenvalue weighted by molar-refractivity contribution is -0.130. The van der Waals surface area contributed by atoms with Crippen molar-refractivity contribution < 1.29 is 14.3 Å². The molecule has 0 atom stereocenters. The summed E-state index contributed by atoms with van der Waals surface area (Å²) in [6.45, 7) is -0.379. The van der Waals surface area contributed by atoms with E-state index in [0.717, 1.165) is 19.3 Å². The Morgan fingerprint density at radius 3 is 2.68 bits per heavy atom. The minimum Gasteiger partial charge on any atom is -0.484 e. The van der Waals surface area contributed by atoms with Gasteiger partial charge in [-0.1, -0.05) is 12.1 Å². The van der Waals surface area contributed by atoms with Crippen LogP contribution in [0.15, 0.2) is 47.4 Å². The van der Waals surface area contributed by atoms with Crippen molar-refractivity contribution in [2.24, 2.45) is 0 Å². The number of carbonyl (C=O) groups excluding carboxylic acids is 2. The quantitative estimate of drug-likeness (QED) is 0.778. The molecule has 0 unspecified atom stereocenters. The van der Waals surface area contributed by atoms with Crippen molar-refractivity contribution in [1.29, 1.82) is 0 Å². The molecule has 130 valence electrons. The first-order chi connectivity index (χ1) is 12.1. The Labute approximate surface area is 144 Å². The van der Waals surface area contributed by atoms with E-state index in [-0.39, 0.29) is 18.7 Å². The Kier molecular flexibility index (Phi) is 5.13. The molecule has 25 heavy (non-hydrogen) atoms. The second-order valence-corrected chi connectivity index (χ2v) is 5.84. The number of fused-ring (bicyclic) bond motifs is 1. The van der Waals surface area contributed by atoms with Gasteiger partial charge in [0.05, 0.1) is 0 Å². The number of hydrogen-bond acceptors (Lipinski definition) is 4. The molecule has 0 saturated heterocycles. The first-order valence-corrected chi connectivity index (χ1v) is 8.09. The maximum absolute atomic E-state index is 11.8. The normalized spacial score (nSPS) is 12.3. The van der Waals surface area contributed by atoms with E-state index in [9.17, 15) is 14.4 Å². The van der Waals surface area contributed by atoms with Gasteiger partial charge in [-0.3, -0.25) is 25.2 Å². The molecule has 0 saturated carbocycles. The predicted octanol–water partition coefficient (Wildman–Crippen LogP) is 0.563. The molecule has 2 amide bonds. The minimum absolute atomic E-state index is 0.175. The van der Waals surface area contributed by atoms with E-state index in [1.165, 1.54) is 28.0 Å². The number of nitrogens with one attached hydrogen (secondary N) is 2. The molecule has 1 aromatic heterocycles. The molecule has 7 nitrogen and oxygen atoms in total. The third-order valence-electron chi connectivity index (χ3n) is 3.99. The maximum atomic E-state index is 11.8. The van der Waals surface area contributed by atoms with Gasteiger partial charge in [-0.2, -0.15) is 0 Å². The van der Waals surface area contributed by atoms with Gasteiger partial charge in [-0.25, -0.2) is 0 Å². The van der Waals surface area contributed by atoms with E-state index in [0.29, 0.717) is 5.75 Å². The Balaban J connectivity index is 1.43. The van der Waals surface area contributed by atoms with Crippen LogP contribution < -0.4 is 21.1 Å². The van der Waals surface area contributed by atoms with Crippen LogP contribution >= 0.6 is 0 Å². The van der Waals surface area contributed by atoms with Crippen molar-refractivity contribution in [3.63, 3.8) is 0 Å². The van der Waals surface area contributed by atoms with E-state index in [2.05, 4.69) is 10.9 Å². The van der Waals surface area contributed by atoms with Crippen molar-refractivity contribution in [1.82, 2.24) is 15.4 Å². The molecule has 0 bridgehead atoms. The van der Waals surface area contributed by atoms with Gasteiger partial charge in [-0.15, -0.1) is 0 Å². The van der Waals surface area contributed by atoms with Crippen molar-refractivity contribution >= 4 is 11.8 Å². The number of benzene rings is 1. The van der Waals surface area contributed by atoms with Gasteiger partial charge in [-0.05, 0) is 48.6 Å². The molecular formula is C18H19N3O4. The summed E-state index contributed by atoms with van der Waals surface area (Å²) < 4.78 is 6.68. The number of ether oxygens (including phenoxy) is 1. The van der Waals surface area contributed by atoms with Gasteiger partial charge in [0, 0.05) is 12.3 Å². The number of rotatable bonds is 5. The molecule has 0 radical (unpaired) electrons. The lowest BCUT2D eigenvalue weighted by Crippen LogP contribution is -2.45. The van der Waals surface area contributed by atoms with Crippen molar-refractivity contribution in [2.45, 2.75) is 25.8 Å². The molecule has 1 aliphatic carbocycles. The number of hydrogen-bond donors (Lipinski definition) is 2. The van der Waals surface area contributed by atoms with Crippen LogP contribution in [-0.4, -0.2) is 23.0 Å². The average Bonchev–Trinajstić information content (AvgIpc) is 3.08. The lowest BCUT2D eigenvalue weighted by atomic mass is 10.1. The molecule has 0 spiro atoms. The van der Waals surface area contributed by atoms with Crippen molar-refractivity contribution in [3.8, 4) is 5.75 Å². The summed E-state index contributed by atoms with van der Waals surface area (Å²) in [4.78, 5) is 35.0. The number of pyridine rings is 1. The van der Waals surface area contributed by atoms with Gasteiger partial charge in [0.2, 0.25) is 0 Å². The van der Waals surface area contributed by atoms with Gasteiger partial charge in [0.1, 0.15) is 12.3 Å². The number of aromatic nitrogens is 1. The van der Waals surface area contributed by atoms with Crippen LogP contribution in [0.25, 0.3) is 0 Å². The zero-order valence-electron chi connectivity index (χ0n) is 13.7. The largest absolute Gasteiger partial charge is 0.484 e. The molecule has 3 rings (SSSR count). The Bertz CT molecular complexity index is 844. The van der Waals surface area contributed by atoms with E-state index in [1.54, 1.807) is 12.1 Å². The van der Waals surface area contributed by atoms with E-state index >= 15 is 0 Å². The molecule has 0 fully saturated rings. The summed E-state index contributed by atoms with van der Waals surface area (Å²) in [5, 5.41) is 0. The molecule has 1 heterocycles. The van der Waals surface area contributed by atoms with Crippen LogP contribution in [0.4, 0.5) is 0 Å². The third-order valence-corrected chi connectivity index (χ3v) is 3.99. The van der Waals surface area contributed by atoms with Gasteiger partial charge < -0.3 is 9.30 Å². The van der Waals surface area contributed by atoms with Crippen LogP contribution in [0.5, 0.6) is 5.75 Å². The highest BCUT2D eigenvalue weighted by atomic mass is 16.5. The first-order valence-electron chi connectivity index (χ1n) is 8.09. The minimum atomic E-state index is -0.501. The molecule has 1 aliphatic rings. The third kappa shape index (κ3) is 4.47. The smallest absolute Gasteiger partial charge is 0.276 e. The van der Waals surface area contributed by atoms with Crippen LogP contribution in [-0.2, 0) is 29.0 Å². The number of amides is 2. The van der Waals surface area contributed by atoms with E-state index < -0.39 is 11.8 Å². The Morgan fingerprint density at radius 1 is 1.04 bits per heavy atom. The molecule has 7 heteroatoms. The number of nitrogens with zero attached hydrogens (tertiary/aromatic N) is 1. The highest BCUT2D eigenvalue weighted by molar-refractivity contribution is 5.82. The summed E-state index contributed by atoms with van der Waals surface area (Å²) in [6.07, 6.45) is 4.77. The molecule has 1 aromatic carbocycles. The highest BCUT2D eigenvalue weighted by Crippen LogP contribution is 2.25. The molecular weight excluding hydrogens is 322 g/mol. The summed E-state index contributed by atoms with van der Waals surface area (Å²) in [6, 6.07) is 10.4. The number of aryl methyl sites for hydroxylation is 2.